The van der Waals surface area contributed by atoms with Gasteiger partial charge in [-0.05, 0) is 29.8 Å². The van der Waals surface area contributed by atoms with Crippen molar-refractivity contribution in [3.63, 3.8) is 0 Å². The highest BCUT2D eigenvalue weighted by molar-refractivity contribution is 7.71. The summed E-state index contributed by atoms with van der Waals surface area (Å²) in [4.78, 5) is 23.5. The van der Waals surface area contributed by atoms with Crippen molar-refractivity contribution in [3.8, 4) is 0 Å². The van der Waals surface area contributed by atoms with Gasteiger partial charge >= 0.3 is 6.09 Å². The molecular weight excluding hydrogens is 366 g/mol. The number of ether oxygens (including phenoxy) is 1. The second-order valence-electron chi connectivity index (χ2n) is 4.95. The van der Waals surface area contributed by atoms with Crippen molar-refractivity contribution in [2.75, 3.05) is 13.1 Å². The van der Waals surface area contributed by atoms with E-state index in [1.165, 1.54) is 12.1 Å². The Balaban J connectivity index is 1.69. The molecule has 0 aliphatic rings. The highest BCUT2D eigenvalue weighted by Gasteiger charge is 2.10. The lowest BCUT2D eigenvalue weighted by molar-refractivity contribution is 0.0894. The number of hydrogen-bond donors (Lipinski definition) is 3. The summed E-state index contributed by atoms with van der Waals surface area (Å²) in [5.74, 6) is -0.509. The molecule has 0 aliphatic carbocycles. The first-order chi connectivity index (χ1) is 12.0. The summed E-state index contributed by atoms with van der Waals surface area (Å²) in [6.07, 6.45) is -0.603. The molecule has 7 nitrogen and oxygen atoms in total. The molecule has 0 spiro atoms. The number of amides is 2. The molecule has 9 heteroatoms. The fourth-order valence-electron chi connectivity index (χ4n) is 1.87. The van der Waals surface area contributed by atoms with Crippen molar-refractivity contribution in [1.29, 1.82) is 0 Å². The summed E-state index contributed by atoms with van der Waals surface area (Å²) in [6, 6.07) is 11.4. The van der Waals surface area contributed by atoms with E-state index >= 15 is 0 Å². The van der Waals surface area contributed by atoms with E-state index in [4.69, 9.17) is 28.6 Å². The maximum Gasteiger partial charge on any atom is 0.407 e. The van der Waals surface area contributed by atoms with E-state index in [9.17, 15) is 14.8 Å². The van der Waals surface area contributed by atoms with Gasteiger partial charge in [-0.25, -0.2) is 4.79 Å². The first-order valence-electron chi connectivity index (χ1n) is 7.32. The molecule has 2 aromatic rings. The van der Waals surface area contributed by atoms with Crippen LogP contribution in [0, 0.1) is 4.64 Å². The molecule has 0 saturated heterocycles. The van der Waals surface area contributed by atoms with Gasteiger partial charge in [0.05, 0.1) is 0 Å². The van der Waals surface area contributed by atoms with Gasteiger partial charge in [-0.2, -0.15) is 4.73 Å². The van der Waals surface area contributed by atoms with E-state index in [0.717, 1.165) is 5.56 Å². The third-order valence-electron chi connectivity index (χ3n) is 3.13. The lowest BCUT2D eigenvalue weighted by atomic mass is 10.2. The molecule has 25 heavy (non-hydrogen) atoms. The highest BCUT2D eigenvalue weighted by Crippen LogP contribution is 2.10. The predicted molar refractivity (Wildman–Crippen MR) is 94.4 cm³/mol. The zero-order valence-corrected chi connectivity index (χ0v) is 14.6. The molecule has 0 unspecified atom stereocenters. The van der Waals surface area contributed by atoms with Crippen LogP contribution in [0.3, 0.4) is 0 Å². The molecule has 1 heterocycles. The van der Waals surface area contributed by atoms with Crippen molar-refractivity contribution < 1.29 is 19.5 Å². The van der Waals surface area contributed by atoms with Crippen molar-refractivity contribution >= 4 is 35.8 Å². The van der Waals surface area contributed by atoms with Gasteiger partial charge in [0.1, 0.15) is 16.9 Å². The van der Waals surface area contributed by atoms with Gasteiger partial charge < -0.3 is 20.6 Å². The second kappa shape index (κ2) is 9.05. The fourth-order valence-corrected chi connectivity index (χ4v) is 2.17. The van der Waals surface area contributed by atoms with E-state index in [1.54, 1.807) is 30.3 Å². The van der Waals surface area contributed by atoms with Crippen LogP contribution < -0.4 is 10.6 Å². The molecule has 0 fully saturated rings. The van der Waals surface area contributed by atoms with E-state index in [1.807, 2.05) is 0 Å². The molecule has 0 radical (unpaired) electrons. The average molecular weight is 382 g/mol. The number of carbonyl (C=O) groups excluding carboxylic acids is 2. The van der Waals surface area contributed by atoms with E-state index in [-0.39, 0.29) is 30.0 Å². The van der Waals surface area contributed by atoms with E-state index in [0.29, 0.717) is 9.75 Å². The molecule has 132 valence electrons. The third-order valence-corrected chi connectivity index (χ3v) is 3.69. The number of pyridine rings is 1. The molecule has 1 aromatic heterocycles. The van der Waals surface area contributed by atoms with E-state index in [2.05, 4.69) is 10.6 Å². The van der Waals surface area contributed by atoms with E-state index < -0.39 is 12.0 Å². The number of nitrogens with zero attached hydrogens (tertiary/aromatic N) is 1. The molecule has 0 atom stereocenters. The van der Waals surface area contributed by atoms with Gasteiger partial charge in [0.25, 0.3) is 5.91 Å². The number of halogens is 1. The first kappa shape index (κ1) is 18.8. The van der Waals surface area contributed by atoms with Gasteiger partial charge in [0.15, 0.2) is 0 Å². The molecule has 0 saturated carbocycles. The second-order valence-corrected chi connectivity index (χ2v) is 5.80. The van der Waals surface area contributed by atoms with Crippen LogP contribution in [0.1, 0.15) is 16.1 Å². The van der Waals surface area contributed by atoms with Gasteiger partial charge in [-0.1, -0.05) is 42.0 Å². The average Bonchev–Trinajstić information content (AvgIpc) is 2.60. The van der Waals surface area contributed by atoms with Crippen LogP contribution in [0.5, 0.6) is 0 Å². The lowest BCUT2D eigenvalue weighted by Crippen LogP contribution is -2.35. The van der Waals surface area contributed by atoms with Crippen molar-refractivity contribution in [3.05, 3.63) is 63.4 Å². The van der Waals surface area contributed by atoms with Crippen LogP contribution in [-0.2, 0) is 11.3 Å². The fraction of sp³-hybridized carbons (Fsp3) is 0.188. The Morgan fingerprint density at radius 1 is 1.12 bits per heavy atom. The maximum atomic E-state index is 11.9. The van der Waals surface area contributed by atoms with Crippen molar-refractivity contribution in [2.45, 2.75) is 6.61 Å². The normalized spacial score (nSPS) is 10.1. The topological polar surface area (TPSA) is 92.6 Å². The van der Waals surface area contributed by atoms with Gasteiger partial charge in [-0.15, -0.1) is 0 Å². The summed E-state index contributed by atoms with van der Waals surface area (Å²) in [7, 11) is 0. The summed E-state index contributed by atoms with van der Waals surface area (Å²) in [5, 5.41) is 15.3. The Hall–Kier alpha value is -2.58. The Morgan fingerprint density at radius 2 is 1.80 bits per heavy atom. The molecule has 1 aromatic carbocycles. The number of hydrogen-bond acceptors (Lipinski definition) is 5. The number of rotatable bonds is 6. The van der Waals surface area contributed by atoms with Crippen molar-refractivity contribution in [2.24, 2.45) is 0 Å². The Morgan fingerprint density at radius 3 is 2.52 bits per heavy atom. The lowest BCUT2D eigenvalue weighted by Gasteiger charge is -2.09. The standard InChI is InChI=1S/C16H16ClN3O4S/c17-12-6-4-11(5-7-12)10-24-16(22)19-9-8-18-15(21)13-2-1-3-14(25)20(13)23/h1-7,23H,8-10H2,(H,18,21)(H,19,22). The summed E-state index contributed by atoms with van der Waals surface area (Å²) in [6.45, 7) is 0.451. The third kappa shape index (κ3) is 5.77. The molecule has 3 N–H and O–H groups in total. The minimum Gasteiger partial charge on any atom is -0.445 e. The van der Waals surface area contributed by atoms with Crippen LogP contribution in [0.2, 0.25) is 5.02 Å². The number of aromatic nitrogens is 1. The first-order valence-corrected chi connectivity index (χ1v) is 8.10. The van der Waals surface area contributed by atoms with Gasteiger partial charge in [0.2, 0.25) is 0 Å². The molecular formula is C16H16ClN3O4S. The summed E-state index contributed by atoms with van der Waals surface area (Å²) >= 11 is 10.6. The largest absolute Gasteiger partial charge is 0.445 e. The Kier molecular flexibility index (Phi) is 6.79. The molecule has 0 bridgehead atoms. The van der Waals surface area contributed by atoms with Crippen LogP contribution in [0.15, 0.2) is 42.5 Å². The quantitative estimate of drug-likeness (QED) is 0.406. The monoisotopic (exact) mass is 381 g/mol. The summed E-state index contributed by atoms with van der Waals surface area (Å²) in [5.41, 5.74) is 0.821. The SMILES string of the molecule is O=C(NCCNC(=O)c1cccc(=S)n1O)OCc1ccc(Cl)cc1. The molecule has 2 amide bonds. The zero-order chi connectivity index (χ0) is 18.2. The number of nitrogens with one attached hydrogen (secondary N) is 2. The number of benzene rings is 1. The summed E-state index contributed by atoms with van der Waals surface area (Å²) < 4.78 is 5.78. The number of carbonyl (C=O) groups is 2. The smallest absolute Gasteiger partial charge is 0.407 e. The van der Waals surface area contributed by atoms with Crippen LogP contribution in [0.4, 0.5) is 4.79 Å². The molecule has 0 aliphatic heterocycles. The van der Waals surface area contributed by atoms with Crippen molar-refractivity contribution in [1.82, 2.24) is 15.4 Å². The van der Waals surface area contributed by atoms with Gasteiger partial charge in [0, 0.05) is 18.1 Å². The Bertz CT molecular complexity index is 808. The minimum absolute atomic E-state index is 0.0119. The van der Waals surface area contributed by atoms with Crippen LogP contribution >= 0.6 is 23.8 Å². The predicted octanol–water partition coefficient (Wildman–Crippen LogP) is 2.76. The minimum atomic E-state index is -0.603. The van der Waals surface area contributed by atoms with Crippen LogP contribution in [0.25, 0.3) is 0 Å². The molecule has 2 rings (SSSR count). The zero-order valence-electron chi connectivity index (χ0n) is 13.1. The maximum absolute atomic E-state index is 11.9. The Labute approximate surface area is 154 Å². The van der Waals surface area contributed by atoms with Gasteiger partial charge in [-0.3, -0.25) is 4.79 Å². The number of alkyl carbamates (subject to hydrolysis) is 1. The highest BCUT2D eigenvalue weighted by atomic mass is 35.5. The van der Waals surface area contributed by atoms with Crippen LogP contribution in [-0.4, -0.2) is 35.0 Å².